The monoisotopic (exact) mass is 416 g/mol. The van der Waals surface area contributed by atoms with Gasteiger partial charge >= 0.3 is 11.9 Å². The van der Waals surface area contributed by atoms with Crippen LogP contribution in [0.2, 0.25) is 0 Å². The van der Waals surface area contributed by atoms with Gasteiger partial charge in [0.25, 0.3) is 0 Å². The molecule has 31 heavy (non-hydrogen) atoms. The van der Waals surface area contributed by atoms with Gasteiger partial charge in [-0.1, -0.05) is 74.6 Å². The van der Waals surface area contributed by atoms with Gasteiger partial charge in [-0.15, -0.1) is 0 Å². The molecule has 0 saturated heterocycles. The van der Waals surface area contributed by atoms with Crippen LogP contribution in [0.1, 0.15) is 38.8 Å². The molecule has 0 aromatic heterocycles. The minimum atomic E-state index is -0.421. The minimum absolute atomic E-state index is 0.289. The normalized spacial score (nSPS) is 12.3. The van der Waals surface area contributed by atoms with Crippen LogP contribution in [-0.2, 0) is 15.0 Å². The number of hydrogen-bond donors (Lipinski definition) is 0. The summed E-state index contributed by atoms with van der Waals surface area (Å²) < 4.78 is 10.6. The summed E-state index contributed by atoms with van der Waals surface area (Å²) in [5.74, 6) is 0.137. The Morgan fingerprint density at radius 1 is 0.645 bits per heavy atom. The Balaban J connectivity index is 2.07. The van der Waals surface area contributed by atoms with Crippen molar-refractivity contribution in [2.75, 3.05) is 0 Å². The molecule has 160 valence electrons. The standard InChI is InChI=1S/C27H28O4/c1-5-7-9-11-25(28)30-23-17-13-21(14-18-23)27(3,4)22-15-19-24(20-16-22)31-26(29)12-10-8-6-2/h5-20H,1-4H3. The fourth-order valence-corrected chi connectivity index (χ4v) is 2.84. The van der Waals surface area contributed by atoms with E-state index >= 15 is 0 Å². The van der Waals surface area contributed by atoms with Crippen molar-refractivity contribution in [1.29, 1.82) is 0 Å². The fourth-order valence-electron chi connectivity index (χ4n) is 2.84. The number of benzene rings is 2. The summed E-state index contributed by atoms with van der Waals surface area (Å²) in [5.41, 5.74) is 1.84. The van der Waals surface area contributed by atoms with Crippen molar-refractivity contribution in [1.82, 2.24) is 0 Å². The molecule has 4 nitrogen and oxygen atoms in total. The molecule has 0 amide bonds. The molecule has 2 aromatic rings. The predicted octanol–water partition coefficient (Wildman–Crippen LogP) is 6.09. The molecule has 0 aliphatic carbocycles. The second kappa shape index (κ2) is 11.5. The van der Waals surface area contributed by atoms with Gasteiger partial charge in [0.05, 0.1) is 0 Å². The third-order valence-corrected chi connectivity index (χ3v) is 4.66. The van der Waals surface area contributed by atoms with Gasteiger partial charge in [-0.25, -0.2) is 9.59 Å². The van der Waals surface area contributed by atoms with E-state index in [0.717, 1.165) is 11.1 Å². The number of allylic oxidation sites excluding steroid dienone is 6. The molecule has 2 rings (SSSR count). The summed E-state index contributed by atoms with van der Waals surface area (Å²) in [4.78, 5) is 23.6. The Morgan fingerprint density at radius 2 is 1.00 bits per heavy atom. The SMILES string of the molecule is CC=CC=CC(=O)Oc1ccc(C(C)(C)c2ccc(OC(=O)C=CC=CC)cc2)cc1. The molecule has 0 aliphatic rings. The van der Waals surface area contributed by atoms with Gasteiger partial charge in [0.15, 0.2) is 0 Å². The molecule has 0 spiro atoms. The van der Waals surface area contributed by atoms with Gasteiger partial charge < -0.3 is 9.47 Å². The lowest BCUT2D eigenvalue weighted by Gasteiger charge is -2.26. The van der Waals surface area contributed by atoms with Gasteiger partial charge in [0.1, 0.15) is 11.5 Å². The molecule has 0 unspecified atom stereocenters. The van der Waals surface area contributed by atoms with Crippen LogP contribution in [0.25, 0.3) is 0 Å². The summed E-state index contributed by atoms with van der Waals surface area (Å²) in [7, 11) is 0. The molecular formula is C27H28O4. The van der Waals surface area contributed by atoms with Gasteiger partial charge in [-0.05, 0) is 49.2 Å². The molecule has 0 aliphatic heterocycles. The minimum Gasteiger partial charge on any atom is -0.423 e. The van der Waals surface area contributed by atoms with Gasteiger partial charge in [0, 0.05) is 17.6 Å². The van der Waals surface area contributed by atoms with Crippen molar-refractivity contribution < 1.29 is 19.1 Å². The van der Waals surface area contributed by atoms with Crippen LogP contribution in [-0.4, -0.2) is 11.9 Å². The third-order valence-electron chi connectivity index (χ3n) is 4.66. The average molecular weight is 417 g/mol. The lowest BCUT2D eigenvalue weighted by Crippen LogP contribution is -2.18. The Labute approximate surface area is 184 Å². The lowest BCUT2D eigenvalue weighted by atomic mass is 9.78. The fraction of sp³-hybridized carbons (Fsp3) is 0.185. The van der Waals surface area contributed by atoms with Crippen molar-refractivity contribution in [3.05, 3.63) is 108 Å². The van der Waals surface area contributed by atoms with Crippen molar-refractivity contribution in [3.63, 3.8) is 0 Å². The zero-order chi connectivity index (χ0) is 22.7. The number of ether oxygens (including phenoxy) is 2. The summed E-state index contributed by atoms with van der Waals surface area (Å²) >= 11 is 0. The van der Waals surface area contributed by atoms with Crippen molar-refractivity contribution in [2.24, 2.45) is 0 Å². The molecular weight excluding hydrogens is 388 g/mol. The van der Waals surface area contributed by atoms with Crippen LogP contribution in [0.15, 0.2) is 97.1 Å². The number of hydrogen-bond acceptors (Lipinski definition) is 4. The average Bonchev–Trinajstić information content (AvgIpc) is 2.75. The van der Waals surface area contributed by atoms with Crippen LogP contribution in [0.5, 0.6) is 11.5 Å². The highest BCUT2D eigenvalue weighted by molar-refractivity contribution is 5.84. The predicted molar refractivity (Wildman–Crippen MR) is 124 cm³/mol. The number of carbonyl (C=O) groups is 2. The zero-order valence-corrected chi connectivity index (χ0v) is 18.4. The number of rotatable bonds is 8. The highest BCUT2D eigenvalue weighted by atomic mass is 16.5. The Hall–Kier alpha value is -3.66. The number of carbonyl (C=O) groups excluding carboxylic acids is 2. The van der Waals surface area contributed by atoms with E-state index < -0.39 is 11.9 Å². The van der Waals surface area contributed by atoms with E-state index in [-0.39, 0.29) is 5.41 Å². The van der Waals surface area contributed by atoms with E-state index in [2.05, 4.69) is 13.8 Å². The molecule has 0 bridgehead atoms. The molecule has 0 radical (unpaired) electrons. The van der Waals surface area contributed by atoms with E-state index in [9.17, 15) is 9.59 Å². The summed E-state index contributed by atoms with van der Waals surface area (Å²) in [5, 5.41) is 0. The Morgan fingerprint density at radius 3 is 1.32 bits per heavy atom. The van der Waals surface area contributed by atoms with Crippen LogP contribution in [0, 0.1) is 0 Å². The first-order valence-electron chi connectivity index (χ1n) is 10.1. The maximum Gasteiger partial charge on any atom is 0.336 e. The van der Waals surface area contributed by atoms with Crippen molar-refractivity contribution in [3.8, 4) is 11.5 Å². The molecule has 0 atom stereocenters. The number of esters is 2. The van der Waals surface area contributed by atoms with E-state index in [1.807, 2.05) is 50.3 Å². The third kappa shape index (κ3) is 7.27. The lowest BCUT2D eigenvalue weighted by molar-refractivity contribution is -0.129. The largest absolute Gasteiger partial charge is 0.423 e. The molecule has 0 fully saturated rings. The van der Waals surface area contributed by atoms with E-state index in [1.54, 1.807) is 48.6 Å². The maximum atomic E-state index is 11.8. The second-order valence-electron chi connectivity index (χ2n) is 7.29. The van der Waals surface area contributed by atoms with Crippen LogP contribution < -0.4 is 9.47 Å². The van der Waals surface area contributed by atoms with Gasteiger partial charge in [0.2, 0.25) is 0 Å². The van der Waals surface area contributed by atoms with Crippen molar-refractivity contribution in [2.45, 2.75) is 33.1 Å². The van der Waals surface area contributed by atoms with Crippen molar-refractivity contribution >= 4 is 11.9 Å². The first kappa shape index (κ1) is 23.6. The quantitative estimate of drug-likeness (QED) is 0.226. The molecule has 2 aromatic carbocycles. The van der Waals surface area contributed by atoms with Gasteiger partial charge in [-0.2, -0.15) is 0 Å². The second-order valence-corrected chi connectivity index (χ2v) is 7.29. The molecule has 4 heteroatoms. The summed E-state index contributed by atoms with van der Waals surface area (Å²) in [6, 6.07) is 14.9. The maximum absolute atomic E-state index is 11.8. The van der Waals surface area contributed by atoms with Crippen LogP contribution in [0.4, 0.5) is 0 Å². The Bertz CT molecular complexity index is 907. The topological polar surface area (TPSA) is 52.6 Å². The summed E-state index contributed by atoms with van der Waals surface area (Å²) in [6.07, 6.45) is 13.2. The first-order chi connectivity index (χ1) is 14.9. The van der Waals surface area contributed by atoms with Gasteiger partial charge in [-0.3, -0.25) is 0 Å². The zero-order valence-electron chi connectivity index (χ0n) is 18.4. The van der Waals surface area contributed by atoms with Crippen LogP contribution >= 0.6 is 0 Å². The summed E-state index contributed by atoms with van der Waals surface area (Å²) in [6.45, 7) is 7.96. The van der Waals surface area contributed by atoms with Crippen LogP contribution in [0.3, 0.4) is 0 Å². The Kier molecular flexibility index (Phi) is 8.77. The van der Waals surface area contributed by atoms with E-state index in [4.69, 9.17) is 9.47 Å². The van der Waals surface area contributed by atoms with E-state index in [0.29, 0.717) is 11.5 Å². The highest BCUT2D eigenvalue weighted by Crippen LogP contribution is 2.33. The molecule has 0 N–H and O–H groups in total. The van der Waals surface area contributed by atoms with E-state index in [1.165, 1.54) is 12.2 Å². The molecule has 0 saturated carbocycles. The molecule has 0 heterocycles. The first-order valence-corrected chi connectivity index (χ1v) is 10.1. The smallest absolute Gasteiger partial charge is 0.336 e. The highest BCUT2D eigenvalue weighted by Gasteiger charge is 2.23.